The molecule has 2 aromatic heterocycles. The normalized spacial score (nSPS) is 11.6. The van der Waals surface area contributed by atoms with Crippen LogP contribution in [-0.2, 0) is 18.5 Å². The van der Waals surface area contributed by atoms with Gasteiger partial charge in [-0.25, -0.2) is 0 Å². The van der Waals surface area contributed by atoms with Gasteiger partial charge < -0.3 is 4.52 Å². The number of hydrogen-bond donors (Lipinski definition) is 0. The molecule has 10 heteroatoms. The van der Waals surface area contributed by atoms with Crippen LogP contribution in [0.3, 0.4) is 0 Å². The van der Waals surface area contributed by atoms with Gasteiger partial charge in [-0.15, -0.1) is 16.8 Å². The quantitative estimate of drug-likeness (QED) is 0.278. The van der Waals surface area contributed by atoms with Crippen LogP contribution in [-0.4, -0.2) is 24.9 Å². The number of rotatable bonds is 7. The highest BCUT2D eigenvalue weighted by Gasteiger charge is 2.30. The predicted octanol–water partition coefficient (Wildman–Crippen LogP) is 5.49. The molecule has 0 saturated heterocycles. The fourth-order valence-corrected chi connectivity index (χ4v) is 3.67. The van der Waals surface area contributed by atoms with Crippen molar-refractivity contribution in [3.05, 3.63) is 78.7 Å². The van der Waals surface area contributed by atoms with Gasteiger partial charge >= 0.3 is 6.18 Å². The van der Waals surface area contributed by atoms with Crippen molar-refractivity contribution in [2.24, 2.45) is 0 Å². The van der Waals surface area contributed by atoms with Crippen molar-refractivity contribution in [3.8, 4) is 22.8 Å². The average Bonchev–Trinajstić information content (AvgIpc) is 3.40. The number of thioether (sulfide) groups is 1. The van der Waals surface area contributed by atoms with Gasteiger partial charge in [0.25, 0.3) is 0 Å². The topological polar surface area (TPSA) is 69.6 Å². The van der Waals surface area contributed by atoms with Crippen LogP contribution in [0.5, 0.6) is 0 Å². The molecule has 2 aromatic carbocycles. The molecule has 0 aliphatic carbocycles. The second-order valence-electron chi connectivity index (χ2n) is 6.45. The first kappa shape index (κ1) is 20.9. The second kappa shape index (κ2) is 8.76. The van der Waals surface area contributed by atoms with Gasteiger partial charge in [0.15, 0.2) is 11.0 Å². The Labute approximate surface area is 179 Å². The van der Waals surface area contributed by atoms with Crippen LogP contribution in [0.1, 0.15) is 11.5 Å². The summed E-state index contributed by atoms with van der Waals surface area (Å²) in [6.45, 7) is 4.30. The van der Waals surface area contributed by atoms with Crippen LogP contribution in [0.4, 0.5) is 13.2 Å². The van der Waals surface area contributed by atoms with Crippen LogP contribution in [0.25, 0.3) is 22.8 Å². The number of alkyl halides is 3. The average molecular weight is 443 g/mol. The number of aromatic nitrogens is 5. The molecule has 31 heavy (non-hydrogen) atoms. The highest BCUT2D eigenvalue weighted by atomic mass is 32.2. The first-order chi connectivity index (χ1) is 15.0. The van der Waals surface area contributed by atoms with Crippen molar-refractivity contribution >= 4 is 11.8 Å². The molecule has 0 bridgehead atoms. The summed E-state index contributed by atoms with van der Waals surface area (Å²) in [7, 11) is 0. The monoisotopic (exact) mass is 443 g/mol. The van der Waals surface area contributed by atoms with Gasteiger partial charge in [-0.2, -0.15) is 18.2 Å². The lowest BCUT2D eigenvalue weighted by Gasteiger charge is -2.07. The summed E-state index contributed by atoms with van der Waals surface area (Å²) < 4.78 is 45.9. The molecule has 0 unspecified atom stereocenters. The molecule has 0 atom stereocenters. The zero-order chi connectivity index (χ0) is 21.8. The predicted molar refractivity (Wildman–Crippen MR) is 110 cm³/mol. The Bertz CT molecular complexity index is 1190. The second-order valence-corrected chi connectivity index (χ2v) is 7.39. The molecule has 2 heterocycles. The molecule has 0 amide bonds. The lowest BCUT2D eigenvalue weighted by molar-refractivity contribution is -0.137. The van der Waals surface area contributed by atoms with E-state index in [1.54, 1.807) is 6.08 Å². The lowest BCUT2D eigenvalue weighted by atomic mass is 10.1. The maximum atomic E-state index is 12.9. The first-order valence-corrected chi connectivity index (χ1v) is 10.2. The summed E-state index contributed by atoms with van der Waals surface area (Å²) in [4.78, 5) is 4.22. The number of halogens is 3. The van der Waals surface area contributed by atoms with E-state index >= 15 is 0 Å². The minimum atomic E-state index is -4.44. The summed E-state index contributed by atoms with van der Waals surface area (Å²) in [5.74, 6) is 1.36. The highest BCUT2D eigenvalue weighted by Crippen LogP contribution is 2.32. The summed E-state index contributed by atoms with van der Waals surface area (Å²) in [6, 6.07) is 14.5. The van der Waals surface area contributed by atoms with Crippen molar-refractivity contribution in [1.82, 2.24) is 24.9 Å². The summed E-state index contributed by atoms with van der Waals surface area (Å²) in [5, 5.41) is 13.0. The van der Waals surface area contributed by atoms with Crippen molar-refractivity contribution in [1.29, 1.82) is 0 Å². The number of allylic oxidation sites excluding steroid dienone is 1. The van der Waals surface area contributed by atoms with Gasteiger partial charge in [-0.3, -0.25) is 4.57 Å². The van der Waals surface area contributed by atoms with Gasteiger partial charge in [-0.1, -0.05) is 65.5 Å². The zero-order valence-electron chi connectivity index (χ0n) is 16.1. The first-order valence-electron chi connectivity index (χ1n) is 9.18. The van der Waals surface area contributed by atoms with E-state index in [0.717, 1.165) is 17.7 Å². The fourth-order valence-electron chi connectivity index (χ4n) is 2.88. The van der Waals surface area contributed by atoms with E-state index in [9.17, 15) is 13.2 Å². The van der Waals surface area contributed by atoms with E-state index in [-0.39, 0.29) is 23.0 Å². The van der Waals surface area contributed by atoms with Crippen LogP contribution in [0.15, 0.2) is 76.9 Å². The van der Waals surface area contributed by atoms with Crippen molar-refractivity contribution in [2.75, 3.05) is 0 Å². The zero-order valence-corrected chi connectivity index (χ0v) is 16.9. The molecule has 6 nitrogen and oxygen atoms in total. The molecule has 0 aliphatic heterocycles. The van der Waals surface area contributed by atoms with Gasteiger partial charge in [0.2, 0.25) is 11.7 Å². The summed E-state index contributed by atoms with van der Waals surface area (Å²) in [6.07, 6.45) is -2.69. The van der Waals surface area contributed by atoms with Gasteiger partial charge in [0.1, 0.15) is 0 Å². The Morgan fingerprint density at radius 3 is 2.55 bits per heavy atom. The minimum absolute atomic E-state index is 0.0965. The smallest absolute Gasteiger partial charge is 0.338 e. The van der Waals surface area contributed by atoms with Gasteiger partial charge in [0.05, 0.1) is 11.3 Å². The molecule has 0 spiro atoms. The Balaban J connectivity index is 1.52. The van der Waals surface area contributed by atoms with Crippen molar-refractivity contribution < 1.29 is 17.7 Å². The molecule has 0 saturated carbocycles. The molecule has 0 N–H and O–H groups in total. The number of nitrogens with zero attached hydrogens (tertiary/aromatic N) is 5. The van der Waals surface area contributed by atoms with E-state index < -0.39 is 11.7 Å². The maximum absolute atomic E-state index is 12.9. The van der Waals surface area contributed by atoms with Crippen LogP contribution in [0, 0.1) is 0 Å². The molecule has 4 rings (SSSR count). The van der Waals surface area contributed by atoms with Crippen molar-refractivity contribution in [2.45, 2.75) is 23.6 Å². The largest absolute Gasteiger partial charge is 0.416 e. The van der Waals surface area contributed by atoms with E-state index in [1.807, 2.05) is 34.9 Å². The molecule has 158 valence electrons. The van der Waals surface area contributed by atoms with Crippen molar-refractivity contribution in [3.63, 3.8) is 0 Å². The Morgan fingerprint density at radius 1 is 1.03 bits per heavy atom. The van der Waals surface area contributed by atoms with Gasteiger partial charge in [-0.05, 0) is 12.1 Å². The molecule has 4 aromatic rings. The molecule has 0 fully saturated rings. The van der Waals surface area contributed by atoms with E-state index in [1.165, 1.54) is 23.9 Å². The molecule has 0 aliphatic rings. The Kier molecular flexibility index (Phi) is 5.90. The summed E-state index contributed by atoms with van der Waals surface area (Å²) >= 11 is 1.34. The maximum Gasteiger partial charge on any atom is 0.416 e. The third kappa shape index (κ3) is 4.69. The Hall–Kier alpha value is -3.40. The fraction of sp³-hybridized carbons (Fsp3) is 0.143. The van der Waals surface area contributed by atoms with Crippen LogP contribution < -0.4 is 0 Å². The third-order valence-electron chi connectivity index (χ3n) is 4.30. The van der Waals surface area contributed by atoms with Gasteiger partial charge in [0, 0.05) is 17.7 Å². The summed E-state index contributed by atoms with van der Waals surface area (Å²) in [5.41, 5.74) is 0.390. The molecular weight excluding hydrogens is 427 g/mol. The van der Waals surface area contributed by atoms with E-state index in [0.29, 0.717) is 17.5 Å². The highest BCUT2D eigenvalue weighted by molar-refractivity contribution is 7.98. The van der Waals surface area contributed by atoms with E-state index in [4.69, 9.17) is 4.52 Å². The Morgan fingerprint density at radius 2 is 1.81 bits per heavy atom. The lowest BCUT2D eigenvalue weighted by Crippen LogP contribution is -2.04. The number of hydrogen-bond acceptors (Lipinski definition) is 6. The van der Waals surface area contributed by atoms with Crippen LogP contribution >= 0.6 is 11.8 Å². The SMILES string of the molecule is C=CCn1c(SCc2nc(-c3cccc(C(F)(F)F)c3)no2)nnc1-c1ccccc1. The molecule has 0 radical (unpaired) electrons. The van der Waals surface area contributed by atoms with Crippen LogP contribution in [0.2, 0.25) is 0 Å². The standard InChI is InChI=1S/C21H16F3N5OS/c1-2-11-29-19(14-7-4-3-5-8-14)26-27-20(29)31-13-17-25-18(28-30-17)15-9-6-10-16(12-15)21(22,23)24/h2-10,12H,1,11,13H2. The third-order valence-corrected chi connectivity index (χ3v) is 5.25. The van der Waals surface area contributed by atoms with E-state index in [2.05, 4.69) is 26.9 Å². The minimum Gasteiger partial charge on any atom is -0.338 e. The number of benzene rings is 2. The molecular formula is C21H16F3N5OS.